The molecule has 0 bridgehead atoms. The minimum absolute atomic E-state index is 0.0936. The second kappa shape index (κ2) is 6.21. The molecule has 2 rings (SSSR count). The largest absolute Gasteiger partial charge is 0.389 e. The highest BCUT2D eigenvalue weighted by molar-refractivity contribution is 6.31. The van der Waals surface area contributed by atoms with Gasteiger partial charge in [-0.15, -0.1) is 0 Å². The fourth-order valence-corrected chi connectivity index (χ4v) is 2.90. The fourth-order valence-electron chi connectivity index (χ4n) is 2.71. The van der Waals surface area contributed by atoms with Gasteiger partial charge in [-0.3, -0.25) is 0 Å². The summed E-state index contributed by atoms with van der Waals surface area (Å²) in [6.07, 6.45) is 3.61. The maximum atomic E-state index is 13.4. The normalized spacial score (nSPS) is 27.5. The van der Waals surface area contributed by atoms with Crippen LogP contribution in [0.1, 0.15) is 38.2 Å². The van der Waals surface area contributed by atoms with Gasteiger partial charge in [0.25, 0.3) is 0 Å². The molecule has 1 aromatic rings. The lowest BCUT2D eigenvalue weighted by Gasteiger charge is -2.37. The van der Waals surface area contributed by atoms with Crippen molar-refractivity contribution in [1.29, 1.82) is 0 Å². The maximum absolute atomic E-state index is 13.4. The summed E-state index contributed by atoms with van der Waals surface area (Å²) in [6.45, 7) is 2.65. The van der Waals surface area contributed by atoms with Gasteiger partial charge in [0.2, 0.25) is 0 Å². The van der Waals surface area contributed by atoms with E-state index in [1.807, 2.05) is 0 Å². The number of halogens is 2. The van der Waals surface area contributed by atoms with Crippen LogP contribution in [0.15, 0.2) is 18.2 Å². The van der Waals surface area contributed by atoms with E-state index in [2.05, 4.69) is 6.92 Å². The van der Waals surface area contributed by atoms with Crippen molar-refractivity contribution in [3.63, 3.8) is 0 Å². The van der Waals surface area contributed by atoms with Crippen LogP contribution < -0.4 is 0 Å². The highest BCUT2D eigenvalue weighted by atomic mass is 35.5. The lowest BCUT2D eigenvalue weighted by Crippen LogP contribution is -2.42. The Morgan fingerprint density at radius 3 is 3.05 bits per heavy atom. The van der Waals surface area contributed by atoms with Gasteiger partial charge in [0.1, 0.15) is 5.82 Å². The molecule has 0 radical (unpaired) electrons. The summed E-state index contributed by atoms with van der Waals surface area (Å²) in [5.74, 6) is -0.431. The van der Waals surface area contributed by atoms with E-state index >= 15 is 0 Å². The van der Waals surface area contributed by atoms with Crippen molar-refractivity contribution in [2.24, 2.45) is 0 Å². The number of hydrogen-bond acceptors (Lipinski definition) is 2. The molecule has 2 nitrogen and oxygen atoms in total. The third-order valence-corrected chi connectivity index (χ3v) is 4.11. The van der Waals surface area contributed by atoms with Gasteiger partial charge in [-0.05, 0) is 24.5 Å². The van der Waals surface area contributed by atoms with Crippen molar-refractivity contribution in [2.75, 3.05) is 6.61 Å². The van der Waals surface area contributed by atoms with Crippen molar-refractivity contribution in [1.82, 2.24) is 0 Å². The van der Waals surface area contributed by atoms with E-state index < -0.39 is 11.4 Å². The fraction of sp³-hybridized carbons (Fsp3) is 0.600. The van der Waals surface area contributed by atoms with Gasteiger partial charge in [-0.2, -0.15) is 0 Å². The predicted octanol–water partition coefficient (Wildman–Crippen LogP) is 3.73. The van der Waals surface area contributed by atoms with Crippen LogP contribution in [0.4, 0.5) is 4.39 Å². The molecule has 0 aliphatic carbocycles. The number of benzene rings is 1. The van der Waals surface area contributed by atoms with Gasteiger partial charge in [0.15, 0.2) is 0 Å². The minimum Gasteiger partial charge on any atom is -0.389 e. The van der Waals surface area contributed by atoms with Crippen LogP contribution in [0.2, 0.25) is 5.02 Å². The molecule has 106 valence electrons. The number of hydrogen-bond donors (Lipinski definition) is 1. The molecule has 1 aliphatic rings. The van der Waals surface area contributed by atoms with Crippen molar-refractivity contribution < 1.29 is 14.2 Å². The van der Waals surface area contributed by atoms with Crippen LogP contribution in [-0.4, -0.2) is 23.4 Å². The Morgan fingerprint density at radius 1 is 1.53 bits per heavy atom. The number of rotatable bonds is 4. The molecule has 0 aromatic heterocycles. The smallest absolute Gasteiger partial charge is 0.142 e. The summed E-state index contributed by atoms with van der Waals surface area (Å²) in [7, 11) is 0. The predicted molar refractivity (Wildman–Crippen MR) is 73.9 cm³/mol. The molecule has 2 unspecified atom stereocenters. The van der Waals surface area contributed by atoms with Gasteiger partial charge in [-0.1, -0.05) is 37.1 Å². The summed E-state index contributed by atoms with van der Waals surface area (Å²) < 4.78 is 19.1. The molecule has 19 heavy (non-hydrogen) atoms. The van der Waals surface area contributed by atoms with Crippen molar-refractivity contribution in [3.05, 3.63) is 34.6 Å². The Hall–Kier alpha value is -0.640. The van der Waals surface area contributed by atoms with Crippen LogP contribution in [0.5, 0.6) is 0 Å². The molecule has 1 fully saturated rings. The molecule has 2 atom stereocenters. The Labute approximate surface area is 118 Å². The molecular weight excluding hydrogens is 267 g/mol. The molecule has 0 spiro atoms. The standard InChI is InChI=1S/C15H20ClFO2/c1-2-4-12-10-15(18,7-8-19-12)9-11-5-3-6-13(17)14(11)16/h3,5-6,12,18H,2,4,7-10H2,1H3. The molecule has 4 heteroatoms. The Balaban J connectivity index is 2.10. The van der Waals surface area contributed by atoms with Crippen molar-refractivity contribution in [2.45, 2.75) is 50.7 Å². The zero-order valence-electron chi connectivity index (χ0n) is 11.2. The highest BCUT2D eigenvalue weighted by Crippen LogP contribution is 2.32. The third kappa shape index (κ3) is 3.68. The molecule has 0 amide bonds. The first-order valence-electron chi connectivity index (χ1n) is 6.81. The van der Waals surface area contributed by atoms with Gasteiger partial charge < -0.3 is 9.84 Å². The van der Waals surface area contributed by atoms with E-state index in [1.165, 1.54) is 6.07 Å². The minimum atomic E-state index is -0.838. The summed E-state index contributed by atoms with van der Waals surface area (Å²) in [5, 5.41) is 10.8. The second-order valence-electron chi connectivity index (χ2n) is 5.35. The van der Waals surface area contributed by atoms with Crippen LogP contribution >= 0.6 is 11.6 Å². The van der Waals surface area contributed by atoms with Gasteiger partial charge in [0, 0.05) is 19.4 Å². The zero-order valence-corrected chi connectivity index (χ0v) is 11.9. The first-order valence-corrected chi connectivity index (χ1v) is 7.19. The summed E-state index contributed by atoms with van der Waals surface area (Å²) in [4.78, 5) is 0. The second-order valence-corrected chi connectivity index (χ2v) is 5.73. The van der Waals surface area contributed by atoms with Crippen LogP contribution in [-0.2, 0) is 11.2 Å². The summed E-state index contributed by atoms with van der Waals surface area (Å²) in [5.41, 5.74) is -0.170. The van der Waals surface area contributed by atoms with Crippen LogP contribution in [0, 0.1) is 5.82 Å². The monoisotopic (exact) mass is 286 g/mol. The Morgan fingerprint density at radius 2 is 2.32 bits per heavy atom. The van der Waals surface area contributed by atoms with E-state index in [4.69, 9.17) is 16.3 Å². The van der Waals surface area contributed by atoms with Crippen molar-refractivity contribution >= 4 is 11.6 Å². The molecule has 1 N–H and O–H groups in total. The number of aliphatic hydroxyl groups is 1. The quantitative estimate of drug-likeness (QED) is 0.914. The molecular formula is C15H20ClFO2. The lowest BCUT2D eigenvalue weighted by atomic mass is 9.83. The van der Waals surface area contributed by atoms with Crippen molar-refractivity contribution in [3.8, 4) is 0 Å². The third-order valence-electron chi connectivity index (χ3n) is 3.69. The van der Waals surface area contributed by atoms with Crippen LogP contribution in [0.25, 0.3) is 0 Å². The SMILES string of the molecule is CCCC1CC(O)(Cc2cccc(F)c2Cl)CCO1. The van der Waals surface area contributed by atoms with Gasteiger partial charge in [0.05, 0.1) is 16.7 Å². The first kappa shape index (κ1) is 14.8. The summed E-state index contributed by atoms with van der Waals surface area (Å²) in [6, 6.07) is 4.73. The maximum Gasteiger partial charge on any atom is 0.142 e. The van der Waals surface area contributed by atoms with E-state index in [9.17, 15) is 9.50 Å². The van der Waals surface area contributed by atoms with Gasteiger partial charge >= 0.3 is 0 Å². The van der Waals surface area contributed by atoms with E-state index in [0.29, 0.717) is 31.4 Å². The Kier molecular flexibility index (Phi) is 4.82. The topological polar surface area (TPSA) is 29.5 Å². The average Bonchev–Trinajstić information content (AvgIpc) is 2.35. The van der Waals surface area contributed by atoms with Crippen LogP contribution in [0.3, 0.4) is 0 Å². The zero-order chi connectivity index (χ0) is 13.9. The number of ether oxygens (including phenoxy) is 1. The molecule has 1 aromatic carbocycles. The molecule has 1 saturated heterocycles. The first-order chi connectivity index (χ1) is 9.04. The average molecular weight is 287 g/mol. The molecule has 1 heterocycles. The van der Waals surface area contributed by atoms with E-state index in [1.54, 1.807) is 12.1 Å². The molecule has 1 aliphatic heterocycles. The Bertz CT molecular complexity index is 436. The van der Waals surface area contributed by atoms with E-state index in [0.717, 1.165) is 12.8 Å². The summed E-state index contributed by atoms with van der Waals surface area (Å²) >= 11 is 5.95. The lowest BCUT2D eigenvalue weighted by molar-refractivity contribution is -0.104. The van der Waals surface area contributed by atoms with E-state index in [-0.39, 0.29) is 11.1 Å². The highest BCUT2D eigenvalue weighted by Gasteiger charge is 2.35. The molecule has 0 saturated carbocycles. The van der Waals surface area contributed by atoms with Gasteiger partial charge in [-0.25, -0.2) is 4.39 Å².